The quantitative estimate of drug-likeness (QED) is 0.795. The van der Waals surface area contributed by atoms with Gasteiger partial charge in [0.2, 0.25) is 5.91 Å². The molecule has 7 heteroatoms. The molecule has 0 spiro atoms. The number of rotatable bonds is 4. The summed E-state index contributed by atoms with van der Waals surface area (Å²) < 4.78 is 4.65. The van der Waals surface area contributed by atoms with E-state index in [0.29, 0.717) is 47.8 Å². The number of nitrogens with zero attached hydrogens (tertiary/aromatic N) is 1. The van der Waals surface area contributed by atoms with Crippen molar-refractivity contribution < 1.29 is 19.1 Å². The second-order valence-corrected chi connectivity index (χ2v) is 7.07. The van der Waals surface area contributed by atoms with Gasteiger partial charge in [0.05, 0.1) is 12.7 Å². The molecule has 1 aliphatic rings. The fourth-order valence-corrected chi connectivity index (χ4v) is 3.39. The number of halogens is 1. The van der Waals surface area contributed by atoms with E-state index in [4.69, 9.17) is 11.6 Å². The SMILES string of the molecule is COC(=O)c1ccc(NC(=O)C2CCN(C(=O)c3cccc(Cl)c3)CC2)cc1. The highest BCUT2D eigenvalue weighted by Crippen LogP contribution is 2.22. The molecular formula is C21H21ClN2O4. The van der Waals surface area contributed by atoms with Crippen LogP contribution in [-0.4, -0.2) is 42.9 Å². The topological polar surface area (TPSA) is 75.7 Å². The minimum atomic E-state index is -0.422. The van der Waals surface area contributed by atoms with E-state index < -0.39 is 5.97 Å². The zero-order valence-electron chi connectivity index (χ0n) is 15.5. The highest BCUT2D eigenvalue weighted by Gasteiger charge is 2.28. The molecule has 2 amide bonds. The molecule has 1 aliphatic heterocycles. The summed E-state index contributed by atoms with van der Waals surface area (Å²) in [6.07, 6.45) is 1.19. The normalized spacial score (nSPS) is 14.4. The molecular weight excluding hydrogens is 380 g/mol. The number of hydrogen-bond acceptors (Lipinski definition) is 4. The molecule has 3 rings (SSSR count). The smallest absolute Gasteiger partial charge is 0.337 e. The molecule has 146 valence electrons. The van der Waals surface area contributed by atoms with E-state index in [1.54, 1.807) is 53.4 Å². The Bertz CT molecular complexity index is 874. The molecule has 2 aromatic rings. The Balaban J connectivity index is 1.53. The van der Waals surface area contributed by atoms with Crippen molar-refractivity contribution in [2.24, 2.45) is 5.92 Å². The van der Waals surface area contributed by atoms with Crippen LogP contribution in [0.4, 0.5) is 5.69 Å². The van der Waals surface area contributed by atoms with E-state index in [2.05, 4.69) is 10.1 Å². The van der Waals surface area contributed by atoms with Crippen LogP contribution in [0.25, 0.3) is 0 Å². The lowest BCUT2D eigenvalue weighted by Crippen LogP contribution is -2.41. The first-order valence-electron chi connectivity index (χ1n) is 9.02. The van der Waals surface area contributed by atoms with Crippen LogP contribution in [0, 0.1) is 5.92 Å². The number of nitrogens with one attached hydrogen (secondary N) is 1. The van der Waals surface area contributed by atoms with Crippen LogP contribution in [-0.2, 0) is 9.53 Å². The molecule has 28 heavy (non-hydrogen) atoms. The van der Waals surface area contributed by atoms with Crippen molar-refractivity contribution in [3.63, 3.8) is 0 Å². The summed E-state index contributed by atoms with van der Waals surface area (Å²) in [7, 11) is 1.32. The Morgan fingerprint density at radius 2 is 1.71 bits per heavy atom. The summed E-state index contributed by atoms with van der Waals surface area (Å²) in [4.78, 5) is 38.3. The van der Waals surface area contributed by atoms with Crippen LogP contribution in [0.3, 0.4) is 0 Å². The van der Waals surface area contributed by atoms with E-state index in [0.717, 1.165) is 0 Å². The zero-order chi connectivity index (χ0) is 20.1. The highest BCUT2D eigenvalue weighted by molar-refractivity contribution is 6.30. The van der Waals surface area contributed by atoms with Gasteiger partial charge in [-0.05, 0) is 55.3 Å². The Kier molecular flexibility index (Phi) is 6.31. The summed E-state index contributed by atoms with van der Waals surface area (Å²) in [5, 5.41) is 3.39. The van der Waals surface area contributed by atoms with Crippen LogP contribution in [0.5, 0.6) is 0 Å². The first-order chi connectivity index (χ1) is 13.5. The third-order valence-electron chi connectivity index (χ3n) is 4.80. The van der Waals surface area contributed by atoms with Gasteiger partial charge in [0, 0.05) is 35.3 Å². The van der Waals surface area contributed by atoms with E-state index in [9.17, 15) is 14.4 Å². The number of likely N-dealkylation sites (tertiary alicyclic amines) is 1. The average Bonchev–Trinajstić information content (AvgIpc) is 2.73. The van der Waals surface area contributed by atoms with Gasteiger partial charge in [-0.15, -0.1) is 0 Å². The summed E-state index contributed by atoms with van der Waals surface area (Å²) in [6.45, 7) is 1.04. The van der Waals surface area contributed by atoms with Gasteiger partial charge in [-0.1, -0.05) is 17.7 Å². The van der Waals surface area contributed by atoms with Crippen molar-refractivity contribution in [2.75, 3.05) is 25.5 Å². The van der Waals surface area contributed by atoms with Gasteiger partial charge in [-0.25, -0.2) is 4.79 Å². The van der Waals surface area contributed by atoms with Gasteiger partial charge in [-0.3, -0.25) is 9.59 Å². The number of amides is 2. The maximum atomic E-state index is 12.6. The van der Waals surface area contributed by atoms with Crippen molar-refractivity contribution >= 4 is 35.1 Å². The number of methoxy groups -OCH3 is 1. The summed E-state index contributed by atoms with van der Waals surface area (Å²) in [6, 6.07) is 13.4. The number of carbonyl (C=O) groups excluding carboxylic acids is 3. The van der Waals surface area contributed by atoms with Crippen LogP contribution >= 0.6 is 11.6 Å². The molecule has 0 atom stereocenters. The second-order valence-electron chi connectivity index (χ2n) is 6.64. The van der Waals surface area contributed by atoms with Crippen molar-refractivity contribution in [1.82, 2.24) is 4.90 Å². The standard InChI is InChI=1S/C21H21ClN2O4/c1-28-21(27)15-5-7-18(8-6-15)23-19(25)14-9-11-24(12-10-14)20(26)16-3-2-4-17(22)13-16/h2-8,13-14H,9-12H2,1H3,(H,23,25). The van der Waals surface area contributed by atoms with Crippen LogP contribution < -0.4 is 5.32 Å². The van der Waals surface area contributed by atoms with E-state index in [-0.39, 0.29) is 17.7 Å². The van der Waals surface area contributed by atoms with Crippen LogP contribution in [0.1, 0.15) is 33.6 Å². The second kappa shape index (κ2) is 8.89. The minimum Gasteiger partial charge on any atom is -0.465 e. The fourth-order valence-electron chi connectivity index (χ4n) is 3.20. The average molecular weight is 401 g/mol. The maximum absolute atomic E-state index is 12.6. The van der Waals surface area contributed by atoms with Gasteiger partial charge >= 0.3 is 5.97 Å². The van der Waals surface area contributed by atoms with E-state index >= 15 is 0 Å². The third-order valence-corrected chi connectivity index (χ3v) is 5.03. The lowest BCUT2D eigenvalue weighted by Gasteiger charge is -2.31. The third kappa shape index (κ3) is 4.70. The predicted octanol–water partition coefficient (Wildman–Crippen LogP) is 3.62. The number of anilines is 1. The Hall–Kier alpha value is -2.86. The first-order valence-corrected chi connectivity index (χ1v) is 9.40. The predicted molar refractivity (Wildman–Crippen MR) is 106 cm³/mol. The molecule has 1 fully saturated rings. The van der Waals surface area contributed by atoms with Gasteiger partial charge in [0.15, 0.2) is 0 Å². The summed E-state index contributed by atoms with van der Waals surface area (Å²) >= 11 is 5.96. The Labute approximate surface area is 168 Å². The lowest BCUT2D eigenvalue weighted by molar-refractivity contribution is -0.121. The molecule has 0 saturated carbocycles. The molecule has 2 aromatic carbocycles. The Morgan fingerprint density at radius 1 is 1.04 bits per heavy atom. The molecule has 1 N–H and O–H groups in total. The largest absolute Gasteiger partial charge is 0.465 e. The van der Waals surface area contributed by atoms with Crippen molar-refractivity contribution in [3.8, 4) is 0 Å². The molecule has 0 aliphatic carbocycles. The monoisotopic (exact) mass is 400 g/mol. The number of piperidine rings is 1. The molecule has 0 radical (unpaired) electrons. The van der Waals surface area contributed by atoms with E-state index in [1.165, 1.54) is 7.11 Å². The summed E-state index contributed by atoms with van der Waals surface area (Å²) in [5.41, 5.74) is 1.60. The van der Waals surface area contributed by atoms with Crippen molar-refractivity contribution in [3.05, 3.63) is 64.7 Å². The number of hydrogen-bond donors (Lipinski definition) is 1. The first kappa shape index (κ1) is 19.9. The molecule has 1 heterocycles. The Morgan fingerprint density at radius 3 is 2.32 bits per heavy atom. The zero-order valence-corrected chi connectivity index (χ0v) is 16.2. The fraction of sp³-hybridized carbons (Fsp3) is 0.286. The number of ether oxygens (including phenoxy) is 1. The molecule has 0 aromatic heterocycles. The molecule has 0 bridgehead atoms. The molecule has 0 unspecified atom stereocenters. The molecule has 6 nitrogen and oxygen atoms in total. The number of benzene rings is 2. The van der Waals surface area contributed by atoms with Crippen molar-refractivity contribution in [2.45, 2.75) is 12.8 Å². The van der Waals surface area contributed by atoms with Crippen LogP contribution in [0.15, 0.2) is 48.5 Å². The lowest BCUT2D eigenvalue weighted by atomic mass is 9.95. The van der Waals surface area contributed by atoms with Gasteiger partial charge in [0.25, 0.3) is 5.91 Å². The van der Waals surface area contributed by atoms with Gasteiger partial charge < -0.3 is 15.0 Å². The summed E-state index contributed by atoms with van der Waals surface area (Å²) in [5.74, 6) is -0.737. The number of carbonyl (C=O) groups is 3. The van der Waals surface area contributed by atoms with E-state index in [1.807, 2.05) is 0 Å². The maximum Gasteiger partial charge on any atom is 0.337 e. The van der Waals surface area contributed by atoms with Gasteiger partial charge in [0.1, 0.15) is 0 Å². The minimum absolute atomic E-state index is 0.0697. The van der Waals surface area contributed by atoms with Gasteiger partial charge in [-0.2, -0.15) is 0 Å². The van der Waals surface area contributed by atoms with Crippen LogP contribution in [0.2, 0.25) is 5.02 Å². The number of esters is 1. The molecule has 1 saturated heterocycles. The highest BCUT2D eigenvalue weighted by atomic mass is 35.5. The van der Waals surface area contributed by atoms with Crippen molar-refractivity contribution in [1.29, 1.82) is 0 Å².